The summed E-state index contributed by atoms with van der Waals surface area (Å²) < 4.78 is 0. The Morgan fingerprint density at radius 1 is 0.821 bits per heavy atom. The predicted molar refractivity (Wildman–Crippen MR) is 121 cm³/mol. The van der Waals surface area contributed by atoms with Gasteiger partial charge in [0.1, 0.15) is 5.75 Å². The summed E-state index contributed by atoms with van der Waals surface area (Å²) in [6.07, 6.45) is 3.00. The first-order valence-electron chi connectivity index (χ1n) is 10.7. The van der Waals surface area contributed by atoms with Crippen molar-refractivity contribution in [2.75, 3.05) is 13.6 Å². The molecule has 0 amide bonds. The van der Waals surface area contributed by atoms with Gasteiger partial charge >= 0.3 is 0 Å². The lowest BCUT2D eigenvalue weighted by molar-refractivity contribution is 0.330. The second-order valence-corrected chi connectivity index (χ2v) is 9.49. The average Bonchev–Trinajstić information content (AvgIpc) is 2.67. The monoisotopic (exact) mass is 381 g/mol. The fourth-order valence-electron chi connectivity index (χ4n) is 3.55. The molecule has 0 radical (unpaired) electrons. The van der Waals surface area contributed by atoms with Crippen molar-refractivity contribution in [3.05, 3.63) is 64.7 Å². The van der Waals surface area contributed by atoms with Gasteiger partial charge in [-0.1, -0.05) is 84.0 Å². The minimum atomic E-state index is -0.0331. The molecule has 0 saturated heterocycles. The topological polar surface area (TPSA) is 23.5 Å². The quantitative estimate of drug-likeness (QED) is 0.540. The summed E-state index contributed by atoms with van der Waals surface area (Å²) in [4.78, 5) is 2.37. The Morgan fingerprint density at radius 3 is 1.79 bits per heavy atom. The number of phenolic OH excluding ortho intramolecular Hbond substituents is 1. The second kappa shape index (κ2) is 9.13. The van der Waals surface area contributed by atoms with Crippen LogP contribution in [0.2, 0.25) is 0 Å². The van der Waals surface area contributed by atoms with E-state index < -0.39 is 0 Å². The van der Waals surface area contributed by atoms with Crippen molar-refractivity contribution in [3.63, 3.8) is 0 Å². The van der Waals surface area contributed by atoms with Gasteiger partial charge in [0.25, 0.3) is 0 Å². The van der Waals surface area contributed by atoms with E-state index >= 15 is 0 Å². The molecule has 0 aliphatic heterocycles. The lowest BCUT2D eigenvalue weighted by Crippen LogP contribution is -2.23. The van der Waals surface area contributed by atoms with Crippen molar-refractivity contribution in [1.29, 1.82) is 0 Å². The molecule has 0 aliphatic rings. The van der Waals surface area contributed by atoms with Crippen LogP contribution >= 0.6 is 0 Å². The number of phenols is 1. The molecule has 0 spiro atoms. The van der Waals surface area contributed by atoms with E-state index in [-0.39, 0.29) is 10.8 Å². The average molecular weight is 382 g/mol. The molecule has 2 heteroatoms. The third-order valence-electron chi connectivity index (χ3n) is 6.47. The maximum absolute atomic E-state index is 11.1. The van der Waals surface area contributed by atoms with Crippen molar-refractivity contribution in [1.82, 2.24) is 4.90 Å². The summed E-state index contributed by atoms with van der Waals surface area (Å²) in [5, 5.41) is 11.1. The van der Waals surface area contributed by atoms with Gasteiger partial charge < -0.3 is 10.0 Å². The smallest absolute Gasteiger partial charge is 0.123 e. The Morgan fingerprint density at radius 2 is 1.32 bits per heavy atom. The van der Waals surface area contributed by atoms with Crippen molar-refractivity contribution >= 4 is 0 Å². The van der Waals surface area contributed by atoms with Crippen LogP contribution in [0.5, 0.6) is 5.75 Å². The maximum atomic E-state index is 11.1. The Kier molecular flexibility index (Phi) is 7.33. The van der Waals surface area contributed by atoms with Gasteiger partial charge in [0.05, 0.1) is 0 Å². The Hall–Kier alpha value is -1.80. The van der Waals surface area contributed by atoms with E-state index in [1.165, 1.54) is 11.1 Å². The van der Waals surface area contributed by atoms with Crippen LogP contribution in [0.15, 0.2) is 42.5 Å². The molecule has 0 saturated carbocycles. The first-order valence-corrected chi connectivity index (χ1v) is 10.7. The highest BCUT2D eigenvalue weighted by Gasteiger charge is 2.29. The number of hydrogen-bond acceptors (Lipinski definition) is 2. The van der Waals surface area contributed by atoms with Crippen molar-refractivity contribution < 1.29 is 5.11 Å². The van der Waals surface area contributed by atoms with Crippen LogP contribution in [-0.4, -0.2) is 23.6 Å². The summed E-state index contributed by atoms with van der Waals surface area (Å²) in [5.74, 6) is 0.500. The van der Waals surface area contributed by atoms with Gasteiger partial charge in [-0.05, 0) is 48.3 Å². The van der Waals surface area contributed by atoms with Crippen molar-refractivity contribution in [2.45, 2.75) is 78.2 Å². The summed E-state index contributed by atoms with van der Waals surface area (Å²) in [6.45, 7) is 15.3. The number of aromatic hydroxyl groups is 1. The van der Waals surface area contributed by atoms with E-state index in [4.69, 9.17) is 0 Å². The number of likely N-dealkylation sites (N-methyl/N-ethyl adjacent to an activating group) is 1. The van der Waals surface area contributed by atoms with Gasteiger partial charge in [0.2, 0.25) is 0 Å². The van der Waals surface area contributed by atoms with Crippen LogP contribution in [0.3, 0.4) is 0 Å². The van der Waals surface area contributed by atoms with Crippen LogP contribution in [0, 0.1) is 0 Å². The summed E-state index contributed by atoms with van der Waals surface area (Å²) in [6, 6.07) is 15.1. The summed E-state index contributed by atoms with van der Waals surface area (Å²) >= 11 is 0. The van der Waals surface area contributed by atoms with Crippen molar-refractivity contribution in [3.8, 4) is 5.75 Å². The molecule has 0 heterocycles. The van der Waals surface area contributed by atoms with Crippen LogP contribution in [-0.2, 0) is 23.8 Å². The molecule has 0 fully saturated rings. The normalized spacial score (nSPS) is 12.6. The number of rotatable bonds is 9. The van der Waals surface area contributed by atoms with E-state index in [1.54, 1.807) is 0 Å². The molecule has 28 heavy (non-hydrogen) atoms. The van der Waals surface area contributed by atoms with E-state index in [1.807, 2.05) is 0 Å². The zero-order chi connectivity index (χ0) is 20.9. The first kappa shape index (κ1) is 22.5. The first-order chi connectivity index (χ1) is 13.1. The highest BCUT2D eigenvalue weighted by molar-refractivity contribution is 5.50. The highest BCUT2D eigenvalue weighted by atomic mass is 16.3. The molecule has 2 aromatic carbocycles. The fraction of sp³-hybridized carbons (Fsp3) is 0.538. The third-order valence-corrected chi connectivity index (χ3v) is 6.47. The van der Waals surface area contributed by atoms with E-state index in [2.05, 4.69) is 96.0 Å². The van der Waals surface area contributed by atoms with E-state index in [9.17, 15) is 5.11 Å². The Balaban J connectivity index is 2.28. The largest absolute Gasteiger partial charge is 0.507 e. The summed E-state index contributed by atoms with van der Waals surface area (Å²) in [5.41, 5.74) is 4.79. The van der Waals surface area contributed by atoms with Crippen LogP contribution < -0.4 is 0 Å². The van der Waals surface area contributed by atoms with Crippen molar-refractivity contribution in [2.24, 2.45) is 0 Å². The third kappa shape index (κ3) is 5.38. The van der Waals surface area contributed by atoms with Crippen LogP contribution in [0.1, 0.15) is 76.6 Å². The number of hydrogen-bond donors (Lipinski definition) is 1. The van der Waals surface area contributed by atoms with E-state index in [0.29, 0.717) is 5.75 Å². The van der Waals surface area contributed by atoms with Gasteiger partial charge in [-0.15, -0.1) is 0 Å². The Labute approximate surface area is 172 Å². The molecule has 154 valence electrons. The second-order valence-electron chi connectivity index (χ2n) is 9.49. The molecular weight excluding hydrogens is 342 g/mol. The lowest BCUT2D eigenvalue weighted by Gasteiger charge is -2.31. The molecule has 0 aromatic heterocycles. The molecule has 0 atom stereocenters. The molecular formula is C26H39NO. The minimum Gasteiger partial charge on any atom is -0.507 e. The number of nitrogens with zero attached hydrogens (tertiary/aromatic N) is 1. The summed E-state index contributed by atoms with van der Waals surface area (Å²) in [7, 11) is 2.18. The zero-order valence-corrected chi connectivity index (χ0v) is 19.0. The predicted octanol–water partition coefficient (Wildman–Crippen LogP) is 6.44. The zero-order valence-electron chi connectivity index (χ0n) is 19.0. The fourth-order valence-corrected chi connectivity index (χ4v) is 3.55. The van der Waals surface area contributed by atoms with Gasteiger partial charge in [-0.25, -0.2) is 0 Å². The highest BCUT2D eigenvalue weighted by Crippen LogP contribution is 2.42. The van der Waals surface area contributed by atoms with E-state index in [0.717, 1.165) is 43.5 Å². The minimum absolute atomic E-state index is 0.0331. The molecule has 0 unspecified atom stereocenters. The standard InChI is InChI=1S/C26H39NO/c1-8-25(3,4)22-17-21(18-23(24(22)28)26(5,6)9-2)15-16-27(7)19-20-13-11-10-12-14-20/h10-14,17-18,28H,8-9,15-16,19H2,1-7H3. The molecule has 1 N–H and O–H groups in total. The van der Waals surface area contributed by atoms with Crippen LogP contribution in [0.25, 0.3) is 0 Å². The van der Waals surface area contributed by atoms with Gasteiger partial charge in [0, 0.05) is 24.2 Å². The lowest BCUT2D eigenvalue weighted by atomic mass is 9.74. The molecule has 2 aromatic rings. The molecule has 2 rings (SSSR count). The number of benzene rings is 2. The van der Waals surface area contributed by atoms with Crippen LogP contribution in [0.4, 0.5) is 0 Å². The SMILES string of the molecule is CCC(C)(C)c1cc(CCN(C)Cc2ccccc2)cc(C(C)(C)CC)c1O. The van der Waals surface area contributed by atoms with Gasteiger partial charge in [-0.3, -0.25) is 0 Å². The van der Waals surface area contributed by atoms with Gasteiger partial charge in [0.15, 0.2) is 0 Å². The molecule has 0 bridgehead atoms. The maximum Gasteiger partial charge on any atom is 0.123 e. The molecule has 0 aliphatic carbocycles. The Bertz CT molecular complexity index is 724. The molecule has 2 nitrogen and oxygen atoms in total. The van der Waals surface area contributed by atoms with Gasteiger partial charge in [-0.2, -0.15) is 0 Å².